The molecule has 1 atom stereocenters. The molecule has 1 fully saturated rings. The second-order valence-corrected chi connectivity index (χ2v) is 5.25. The molecule has 5 heteroatoms. The van der Waals surface area contributed by atoms with E-state index < -0.39 is 5.97 Å². The van der Waals surface area contributed by atoms with E-state index in [2.05, 4.69) is 17.2 Å². The Morgan fingerprint density at radius 1 is 1.53 bits per heavy atom. The zero-order chi connectivity index (χ0) is 13.4. The van der Waals surface area contributed by atoms with Crippen LogP contribution in [0.3, 0.4) is 0 Å². The van der Waals surface area contributed by atoms with Crippen LogP contribution in [0.25, 0.3) is 11.0 Å². The predicted molar refractivity (Wildman–Crippen MR) is 71.2 cm³/mol. The van der Waals surface area contributed by atoms with Crippen LogP contribution < -0.4 is 0 Å². The minimum atomic E-state index is -0.951. The number of carboxylic acid groups (broad SMARTS) is 1. The zero-order valence-electron chi connectivity index (χ0n) is 10.9. The SMILES string of the molecule is CCC(CC1CC1)n1nnc2c(C(=O)O)cccc21. The van der Waals surface area contributed by atoms with Crippen LogP contribution >= 0.6 is 0 Å². The van der Waals surface area contributed by atoms with Gasteiger partial charge in [0, 0.05) is 0 Å². The zero-order valence-corrected chi connectivity index (χ0v) is 10.9. The first-order chi connectivity index (χ1) is 9.20. The molecule has 2 aromatic rings. The number of aromatic nitrogens is 3. The molecule has 100 valence electrons. The molecular weight excluding hydrogens is 242 g/mol. The highest BCUT2D eigenvalue weighted by Gasteiger charge is 2.27. The topological polar surface area (TPSA) is 68.0 Å². The van der Waals surface area contributed by atoms with E-state index in [-0.39, 0.29) is 5.56 Å². The lowest BCUT2D eigenvalue weighted by Gasteiger charge is -2.15. The molecule has 0 spiro atoms. The number of carbonyl (C=O) groups is 1. The summed E-state index contributed by atoms with van der Waals surface area (Å²) < 4.78 is 1.90. The van der Waals surface area contributed by atoms with Crippen LogP contribution in [-0.4, -0.2) is 26.1 Å². The molecule has 1 unspecified atom stereocenters. The summed E-state index contributed by atoms with van der Waals surface area (Å²) in [5, 5.41) is 17.4. The van der Waals surface area contributed by atoms with E-state index in [0.29, 0.717) is 11.6 Å². The molecule has 19 heavy (non-hydrogen) atoms. The van der Waals surface area contributed by atoms with Crippen LogP contribution in [0.2, 0.25) is 0 Å². The summed E-state index contributed by atoms with van der Waals surface area (Å²) in [5.74, 6) is -0.139. The number of benzene rings is 1. The van der Waals surface area contributed by atoms with Gasteiger partial charge in [-0.2, -0.15) is 0 Å². The predicted octanol–water partition coefficient (Wildman–Crippen LogP) is 2.88. The highest BCUT2D eigenvalue weighted by atomic mass is 16.4. The lowest BCUT2D eigenvalue weighted by molar-refractivity contribution is 0.0699. The van der Waals surface area contributed by atoms with Gasteiger partial charge < -0.3 is 5.11 Å². The molecule has 1 aliphatic carbocycles. The molecule has 1 aromatic heterocycles. The minimum Gasteiger partial charge on any atom is -0.478 e. The van der Waals surface area contributed by atoms with Crippen LogP contribution in [0, 0.1) is 5.92 Å². The Labute approximate surface area is 111 Å². The fourth-order valence-electron chi connectivity index (χ4n) is 2.58. The van der Waals surface area contributed by atoms with Crippen LogP contribution in [0.1, 0.15) is 49.0 Å². The fourth-order valence-corrected chi connectivity index (χ4v) is 2.58. The van der Waals surface area contributed by atoms with Crippen molar-refractivity contribution in [2.24, 2.45) is 5.92 Å². The van der Waals surface area contributed by atoms with Crippen molar-refractivity contribution in [2.45, 2.75) is 38.6 Å². The Hall–Kier alpha value is -1.91. The lowest BCUT2D eigenvalue weighted by Crippen LogP contribution is -2.10. The summed E-state index contributed by atoms with van der Waals surface area (Å²) in [7, 11) is 0. The summed E-state index contributed by atoms with van der Waals surface area (Å²) in [6.45, 7) is 2.14. The maximum Gasteiger partial charge on any atom is 0.338 e. The first kappa shape index (κ1) is 12.1. The molecule has 1 saturated carbocycles. The molecule has 0 aliphatic heterocycles. The Morgan fingerprint density at radius 2 is 2.32 bits per heavy atom. The number of nitrogens with zero attached hydrogens (tertiary/aromatic N) is 3. The van der Waals surface area contributed by atoms with Crippen molar-refractivity contribution in [3.05, 3.63) is 23.8 Å². The van der Waals surface area contributed by atoms with E-state index in [1.165, 1.54) is 12.8 Å². The van der Waals surface area contributed by atoms with Crippen molar-refractivity contribution < 1.29 is 9.90 Å². The van der Waals surface area contributed by atoms with Gasteiger partial charge in [0.05, 0.1) is 17.1 Å². The van der Waals surface area contributed by atoms with Gasteiger partial charge in [0.15, 0.2) is 0 Å². The molecule has 1 aliphatic rings. The number of hydrogen-bond donors (Lipinski definition) is 1. The van der Waals surface area contributed by atoms with E-state index in [4.69, 9.17) is 5.11 Å². The van der Waals surface area contributed by atoms with E-state index in [1.54, 1.807) is 12.1 Å². The van der Waals surface area contributed by atoms with E-state index in [9.17, 15) is 4.79 Å². The Balaban J connectivity index is 2.03. The van der Waals surface area contributed by atoms with Gasteiger partial charge in [-0.05, 0) is 30.9 Å². The van der Waals surface area contributed by atoms with Gasteiger partial charge in [0.25, 0.3) is 0 Å². The van der Waals surface area contributed by atoms with Crippen LogP contribution in [0.5, 0.6) is 0 Å². The van der Waals surface area contributed by atoms with E-state index in [1.807, 2.05) is 10.7 Å². The van der Waals surface area contributed by atoms with Gasteiger partial charge in [-0.3, -0.25) is 0 Å². The third-order valence-corrected chi connectivity index (χ3v) is 3.85. The van der Waals surface area contributed by atoms with E-state index >= 15 is 0 Å². The maximum absolute atomic E-state index is 11.2. The summed E-state index contributed by atoms with van der Waals surface area (Å²) >= 11 is 0. The monoisotopic (exact) mass is 259 g/mol. The van der Waals surface area contributed by atoms with Crippen LogP contribution in [-0.2, 0) is 0 Å². The number of hydrogen-bond acceptors (Lipinski definition) is 3. The quantitative estimate of drug-likeness (QED) is 0.896. The van der Waals surface area contributed by atoms with Crippen LogP contribution in [0.4, 0.5) is 0 Å². The first-order valence-electron chi connectivity index (χ1n) is 6.78. The Kier molecular flexibility index (Phi) is 2.97. The summed E-state index contributed by atoms with van der Waals surface area (Å²) in [4.78, 5) is 11.2. The molecular formula is C14H17N3O2. The lowest BCUT2D eigenvalue weighted by atomic mass is 10.1. The van der Waals surface area contributed by atoms with Crippen molar-refractivity contribution >= 4 is 17.0 Å². The number of carboxylic acids is 1. The number of fused-ring (bicyclic) bond motifs is 1. The number of aromatic carboxylic acids is 1. The van der Waals surface area contributed by atoms with Gasteiger partial charge in [-0.1, -0.05) is 31.0 Å². The Morgan fingerprint density at radius 3 is 2.95 bits per heavy atom. The average Bonchev–Trinajstić information content (AvgIpc) is 3.13. The van der Waals surface area contributed by atoms with Gasteiger partial charge in [0.2, 0.25) is 0 Å². The van der Waals surface area contributed by atoms with Gasteiger partial charge in [-0.15, -0.1) is 5.10 Å². The highest BCUT2D eigenvalue weighted by molar-refractivity contribution is 6.00. The number of rotatable bonds is 5. The smallest absolute Gasteiger partial charge is 0.338 e. The third-order valence-electron chi connectivity index (χ3n) is 3.85. The summed E-state index contributed by atoms with van der Waals surface area (Å²) in [6, 6.07) is 5.56. The minimum absolute atomic E-state index is 0.227. The van der Waals surface area contributed by atoms with Gasteiger partial charge >= 0.3 is 5.97 Å². The first-order valence-corrected chi connectivity index (χ1v) is 6.78. The molecule has 3 rings (SSSR count). The molecule has 1 aromatic carbocycles. The van der Waals surface area contributed by atoms with Crippen molar-refractivity contribution in [1.82, 2.24) is 15.0 Å². The molecule has 0 radical (unpaired) electrons. The van der Waals surface area contributed by atoms with Crippen molar-refractivity contribution in [3.63, 3.8) is 0 Å². The molecule has 0 saturated heterocycles. The highest BCUT2D eigenvalue weighted by Crippen LogP contribution is 2.38. The molecule has 1 N–H and O–H groups in total. The largest absolute Gasteiger partial charge is 0.478 e. The second-order valence-electron chi connectivity index (χ2n) is 5.25. The molecule has 0 bridgehead atoms. The third kappa shape index (κ3) is 2.20. The molecule has 5 nitrogen and oxygen atoms in total. The standard InChI is InChI=1S/C14H17N3O2/c1-2-10(8-9-6-7-9)17-12-5-3-4-11(14(18)19)13(12)15-16-17/h3-5,9-10H,2,6-8H2,1H3,(H,18,19). The van der Waals surface area contributed by atoms with Crippen molar-refractivity contribution in [3.8, 4) is 0 Å². The molecule has 0 amide bonds. The van der Waals surface area contributed by atoms with Crippen molar-refractivity contribution in [2.75, 3.05) is 0 Å². The second kappa shape index (κ2) is 4.64. The summed E-state index contributed by atoms with van der Waals surface area (Å²) in [5.41, 5.74) is 1.54. The summed E-state index contributed by atoms with van der Waals surface area (Å²) in [6.07, 6.45) is 4.73. The van der Waals surface area contributed by atoms with Crippen molar-refractivity contribution in [1.29, 1.82) is 0 Å². The fraction of sp³-hybridized carbons (Fsp3) is 0.500. The van der Waals surface area contributed by atoms with Gasteiger partial charge in [-0.25, -0.2) is 9.48 Å². The van der Waals surface area contributed by atoms with Gasteiger partial charge in [0.1, 0.15) is 5.52 Å². The Bertz CT molecular complexity index is 616. The normalized spacial score (nSPS) is 16.7. The van der Waals surface area contributed by atoms with E-state index in [0.717, 1.165) is 24.3 Å². The average molecular weight is 259 g/mol. The molecule has 1 heterocycles. The maximum atomic E-state index is 11.2. The van der Waals surface area contributed by atoms with Crippen LogP contribution in [0.15, 0.2) is 18.2 Å².